The fraction of sp³-hybridized carbons (Fsp3) is 0.533. The maximum Gasteiger partial charge on any atom is 0.225 e. The Morgan fingerprint density at radius 2 is 2.40 bits per heavy atom. The molecule has 5 heteroatoms. The molecule has 1 saturated heterocycles. The number of amides is 1. The van der Waals surface area contributed by atoms with Gasteiger partial charge >= 0.3 is 0 Å². The minimum Gasteiger partial charge on any atom is -0.380 e. The predicted octanol–water partition coefficient (Wildman–Crippen LogP) is 1.85. The quantitative estimate of drug-likeness (QED) is 0.895. The maximum absolute atomic E-state index is 13.3. The van der Waals surface area contributed by atoms with Crippen LogP contribution in [0.1, 0.15) is 30.9 Å². The van der Waals surface area contributed by atoms with Crippen LogP contribution in [0.25, 0.3) is 0 Å². The molecule has 110 valence electrons. The number of nitrogens with zero attached hydrogens (tertiary/aromatic N) is 1. The molecule has 0 bridgehead atoms. The Labute approximate surface area is 118 Å². The van der Waals surface area contributed by atoms with Gasteiger partial charge in [0, 0.05) is 20.2 Å². The molecule has 1 aromatic rings. The second-order valence-corrected chi connectivity index (χ2v) is 5.10. The predicted molar refractivity (Wildman–Crippen MR) is 74.6 cm³/mol. The van der Waals surface area contributed by atoms with Gasteiger partial charge in [0.2, 0.25) is 5.91 Å². The molecule has 1 fully saturated rings. The summed E-state index contributed by atoms with van der Waals surface area (Å²) in [5, 5.41) is 0. The van der Waals surface area contributed by atoms with Crippen LogP contribution in [-0.4, -0.2) is 37.1 Å². The molecule has 1 aliphatic heterocycles. The van der Waals surface area contributed by atoms with Crippen molar-refractivity contribution in [1.82, 2.24) is 4.90 Å². The van der Waals surface area contributed by atoms with E-state index in [0.29, 0.717) is 13.1 Å². The first-order valence-electron chi connectivity index (χ1n) is 6.93. The molecular weight excluding hydrogens is 259 g/mol. The first-order valence-corrected chi connectivity index (χ1v) is 6.93. The summed E-state index contributed by atoms with van der Waals surface area (Å²) < 4.78 is 18.5. The van der Waals surface area contributed by atoms with Crippen molar-refractivity contribution in [2.75, 3.05) is 20.2 Å². The van der Waals surface area contributed by atoms with Crippen molar-refractivity contribution in [3.8, 4) is 0 Å². The number of hydrogen-bond donors (Lipinski definition) is 1. The molecule has 2 atom stereocenters. The lowest BCUT2D eigenvalue weighted by molar-refractivity contribution is -0.134. The number of nitrogens with two attached hydrogens (primary N) is 1. The molecular formula is C15H21FN2O2. The third kappa shape index (κ3) is 3.35. The molecule has 0 aromatic heterocycles. The van der Waals surface area contributed by atoms with E-state index in [1.807, 2.05) is 11.0 Å². The lowest BCUT2D eigenvalue weighted by Crippen LogP contribution is -2.35. The topological polar surface area (TPSA) is 55.6 Å². The summed E-state index contributed by atoms with van der Waals surface area (Å²) in [6.45, 7) is 1.03. The van der Waals surface area contributed by atoms with Crippen LogP contribution < -0.4 is 5.73 Å². The van der Waals surface area contributed by atoms with Crippen LogP contribution in [0.3, 0.4) is 0 Å². The molecule has 4 nitrogen and oxygen atoms in total. The highest BCUT2D eigenvalue weighted by Crippen LogP contribution is 2.32. The summed E-state index contributed by atoms with van der Waals surface area (Å²) in [5.74, 6) is -0.243. The monoisotopic (exact) mass is 280 g/mol. The standard InChI is InChI=1S/C15H21FN2O2/c1-20-13(10-17)9-15(19)18-7-3-6-14(18)11-4-2-5-12(16)8-11/h2,4-5,8,13-14H,3,6-7,9-10,17H2,1H3. The fourth-order valence-electron chi connectivity index (χ4n) is 2.70. The molecule has 20 heavy (non-hydrogen) atoms. The van der Waals surface area contributed by atoms with Gasteiger partial charge in [-0.05, 0) is 30.5 Å². The van der Waals surface area contributed by atoms with Crippen LogP contribution in [0.2, 0.25) is 0 Å². The van der Waals surface area contributed by atoms with Gasteiger partial charge in [0.25, 0.3) is 0 Å². The third-order valence-corrected chi connectivity index (χ3v) is 3.81. The molecule has 1 aromatic carbocycles. The highest BCUT2D eigenvalue weighted by Gasteiger charge is 2.30. The molecule has 0 spiro atoms. The Bertz CT molecular complexity index is 463. The summed E-state index contributed by atoms with van der Waals surface area (Å²) in [6.07, 6.45) is 1.83. The van der Waals surface area contributed by atoms with Gasteiger partial charge < -0.3 is 15.4 Å². The van der Waals surface area contributed by atoms with Crippen molar-refractivity contribution in [2.24, 2.45) is 5.73 Å². The second kappa shape index (κ2) is 6.81. The van der Waals surface area contributed by atoms with Crippen molar-refractivity contribution in [2.45, 2.75) is 31.4 Å². The zero-order valence-electron chi connectivity index (χ0n) is 11.7. The fourth-order valence-corrected chi connectivity index (χ4v) is 2.70. The van der Waals surface area contributed by atoms with Crippen molar-refractivity contribution in [3.63, 3.8) is 0 Å². The number of rotatable bonds is 5. The van der Waals surface area contributed by atoms with E-state index < -0.39 is 0 Å². The van der Waals surface area contributed by atoms with Gasteiger partial charge in [0.15, 0.2) is 0 Å². The molecule has 2 unspecified atom stereocenters. The number of methoxy groups -OCH3 is 1. The van der Waals surface area contributed by atoms with E-state index in [9.17, 15) is 9.18 Å². The van der Waals surface area contributed by atoms with Gasteiger partial charge in [-0.1, -0.05) is 12.1 Å². The Morgan fingerprint density at radius 3 is 3.05 bits per heavy atom. The molecule has 1 aliphatic rings. The number of likely N-dealkylation sites (tertiary alicyclic amines) is 1. The number of ether oxygens (including phenoxy) is 1. The molecule has 0 aliphatic carbocycles. The molecule has 2 rings (SSSR count). The minimum atomic E-state index is -0.265. The van der Waals surface area contributed by atoms with Gasteiger partial charge in [-0.15, -0.1) is 0 Å². The highest BCUT2D eigenvalue weighted by molar-refractivity contribution is 5.77. The van der Waals surface area contributed by atoms with E-state index in [1.54, 1.807) is 13.2 Å². The normalized spacial score (nSPS) is 20.1. The molecule has 2 N–H and O–H groups in total. The summed E-state index contributed by atoms with van der Waals surface area (Å²) in [5.41, 5.74) is 6.41. The average molecular weight is 280 g/mol. The zero-order chi connectivity index (χ0) is 14.5. The van der Waals surface area contributed by atoms with Gasteiger partial charge in [-0.25, -0.2) is 4.39 Å². The van der Waals surface area contributed by atoms with Gasteiger partial charge in [0.1, 0.15) is 5.82 Å². The summed E-state index contributed by atoms with van der Waals surface area (Å²) in [4.78, 5) is 14.2. The number of hydrogen-bond acceptors (Lipinski definition) is 3. The lowest BCUT2D eigenvalue weighted by Gasteiger charge is -2.26. The van der Waals surface area contributed by atoms with E-state index in [4.69, 9.17) is 10.5 Å². The number of carbonyl (C=O) groups is 1. The summed E-state index contributed by atoms with van der Waals surface area (Å²) in [6, 6.07) is 6.44. The van der Waals surface area contributed by atoms with E-state index in [-0.39, 0.29) is 30.3 Å². The maximum atomic E-state index is 13.3. The summed E-state index contributed by atoms with van der Waals surface area (Å²) >= 11 is 0. The van der Waals surface area contributed by atoms with Crippen LogP contribution in [0.4, 0.5) is 4.39 Å². The Kier molecular flexibility index (Phi) is 5.09. The largest absolute Gasteiger partial charge is 0.380 e. The van der Waals surface area contributed by atoms with Crippen LogP contribution in [-0.2, 0) is 9.53 Å². The molecule has 1 heterocycles. The van der Waals surface area contributed by atoms with E-state index in [2.05, 4.69) is 0 Å². The van der Waals surface area contributed by atoms with E-state index in [1.165, 1.54) is 12.1 Å². The van der Waals surface area contributed by atoms with Crippen LogP contribution in [0, 0.1) is 5.82 Å². The third-order valence-electron chi connectivity index (χ3n) is 3.81. The van der Waals surface area contributed by atoms with Crippen molar-refractivity contribution in [3.05, 3.63) is 35.6 Å². The first-order chi connectivity index (χ1) is 9.65. The Morgan fingerprint density at radius 1 is 1.60 bits per heavy atom. The number of benzene rings is 1. The molecule has 0 saturated carbocycles. The van der Waals surface area contributed by atoms with Crippen molar-refractivity contribution < 1.29 is 13.9 Å². The Balaban J connectivity index is 2.09. The van der Waals surface area contributed by atoms with Crippen LogP contribution in [0.5, 0.6) is 0 Å². The zero-order valence-corrected chi connectivity index (χ0v) is 11.7. The first kappa shape index (κ1) is 14.9. The van der Waals surface area contributed by atoms with Gasteiger partial charge in [0.05, 0.1) is 18.6 Å². The van der Waals surface area contributed by atoms with Crippen LogP contribution >= 0.6 is 0 Å². The van der Waals surface area contributed by atoms with Gasteiger partial charge in [-0.2, -0.15) is 0 Å². The van der Waals surface area contributed by atoms with Gasteiger partial charge in [-0.3, -0.25) is 4.79 Å². The van der Waals surface area contributed by atoms with Crippen molar-refractivity contribution >= 4 is 5.91 Å². The number of carbonyl (C=O) groups excluding carboxylic acids is 1. The SMILES string of the molecule is COC(CN)CC(=O)N1CCCC1c1cccc(F)c1. The minimum absolute atomic E-state index is 0.0223. The lowest BCUT2D eigenvalue weighted by atomic mass is 10.0. The Hall–Kier alpha value is -1.46. The van der Waals surface area contributed by atoms with Crippen molar-refractivity contribution in [1.29, 1.82) is 0 Å². The summed E-state index contributed by atoms with van der Waals surface area (Å²) in [7, 11) is 1.55. The van der Waals surface area contributed by atoms with E-state index in [0.717, 1.165) is 18.4 Å². The average Bonchev–Trinajstić information content (AvgIpc) is 2.94. The number of halogens is 1. The second-order valence-electron chi connectivity index (χ2n) is 5.10. The van der Waals surface area contributed by atoms with Crippen LogP contribution in [0.15, 0.2) is 24.3 Å². The molecule has 1 amide bonds. The highest BCUT2D eigenvalue weighted by atomic mass is 19.1. The molecule has 0 radical (unpaired) electrons. The van der Waals surface area contributed by atoms with E-state index >= 15 is 0 Å². The smallest absolute Gasteiger partial charge is 0.225 e.